The van der Waals surface area contributed by atoms with Crippen LogP contribution < -0.4 is 0 Å². The number of aromatic nitrogens is 1. The van der Waals surface area contributed by atoms with E-state index in [2.05, 4.69) is 17.3 Å². The second kappa shape index (κ2) is 8.45. The normalized spacial score (nSPS) is 12.5. The molecule has 0 radical (unpaired) electrons. The molecule has 0 saturated heterocycles. The highest BCUT2D eigenvalue weighted by Crippen LogP contribution is 2.22. The summed E-state index contributed by atoms with van der Waals surface area (Å²) < 4.78 is 0. The van der Waals surface area contributed by atoms with Gasteiger partial charge in [0.1, 0.15) is 0 Å². The number of hydrogen-bond acceptors (Lipinski definition) is 4. The number of nitrogens with zero attached hydrogens (tertiary/aromatic N) is 1. The Morgan fingerprint density at radius 2 is 2.10 bits per heavy atom. The molecule has 1 aromatic carbocycles. The standard InChI is InChI=1S/C16H21NOS2/c1-2-3-9-16-17-14(11-20-16)10-19-12-15(18)13-7-5-4-6-8-13/h4-8,11,15,18H,2-3,9-10,12H2,1H3. The summed E-state index contributed by atoms with van der Waals surface area (Å²) in [6.45, 7) is 2.20. The maximum atomic E-state index is 10.1. The smallest absolute Gasteiger partial charge is 0.0928 e. The van der Waals surface area contributed by atoms with Gasteiger partial charge in [-0.15, -0.1) is 11.3 Å². The summed E-state index contributed by atoms with van der Waals surface area (Å²) in [7, 11) is 0. The van der Waals surface area contributed by atoms with Crippen LogP contribution in [-0.4, -0.2) is 15.8 Å². The van der Waals surface area contributed by atoms with E-state index in [4.69, 9.17) is 0 Å². The molecule has 2 nitrogen and oxygen atoms in total. The highest BCUT2D eigenvalue weighted by atomic mass is 32.2. The number of thioether (sulfide) groups is 1. The van der Waals surface area contributed by atoms with Gasteiger partial charge < -0.3 is 5.11 Å². The number of benzene rings is 1. The van der Waals surface area contributed by atoms with E-state index in [-0.39, 0.29) is 6.10 Å². The highest BCUT2D eigenvalue weighted by Gasteiger charge is 2.08. The van der Waals surface area contributed by atoms with Gasteiger partial charge in [-0.1, -0.05) is 43.7 Å². The van der Waals surface area contributed by atoms with Crippen LogP contribution in [0.1, 0.15) is 42.1 Å². The van der Waals surface area contributed by atoms with Crippen molar-refractivity contribution in [2.45, 2.75) is 38.0 Å². The Hall–Kier alpha value is -0.840. The van der Waals surface area contributed by atoms with E-state index in [1.807, 2.05) is 30.3 Å². The Morgan fingerprint density at radius 3 is 2.85 bits per heavy atom. The number of hydrogen-bond donors (Lipinski definition) is 1. The van der Waals surface area contributed by atoms with Gasteiger partial charge in [0.25, 0.3) is 0 Å². The molecule has 1 aromatic heterocycles. The van der Waals surface area contributed by atoms with Crippen LogP contribution in [0.25, 0.3) is 0 Å². The third kappa shape index (κ3) is 4.93. The van der Waals surface area contributed by atoms with Crippen LogP contribution in [0.15, 0.2) is 35.7 Å². The van der Waals surface area contributed by atoms with Gasteiger partial charge in [-0.05, 0) is 18.4 Å². The molecule has 0 aliphatic carbocycles. The van der Waals surface area contributed by atoms with Crippen LogP contribution >= 0.6 is 23.1 Å². The molecule has 1 heterocycles. The van der Waals surface area contributed by atoms with Crippen molar-refractivity contribution in [3.05, 3.63) is 52.0 Å². The van der Waals surface area contributed by atoms with E-state index >= 15 is 0 Å². The van der Waals surface area contributed by atoms with Crippen LogP contribution in [-0.2, 0) is 12.2 Å². The van der Waals surface area contributed by atoms with Crippen LogP contribution in [0.5, 0.6) is 0 Å². The predicted octanol–water partition coefficient (Wildman–Crippen LogP) is 4.45. The zero-order chi connectivity index (χ0) is 14.2. The Kier molecular flexibility index (Phi) is 6.57. The first-order valence-corrected chi connectivity index (χ1v) is 9.07. The second-order valence-corrected chi connectivity index (χ2v) is 6.75. The molecule has 1 atom stereocenters. The quantitative estimate of drug-likeness (QED) is 0.782. The average Bonchev–Trinajstić information content (AvgIpc) is 2.94. The van der Waals surface area contributed by atoms with E-state index in [0.717, 1.165) is 23.4 Å². The van der Waals surface area contributed by atoms with Crippen molar-refractivity contribution in [2.75, 3.05) is 5.75 Å². The number of aliphatic hydroxyl groups excluding tert-OH is 1. The lowest BCUT2D eigenvalue weighted by Crippen LogP contribution is -2.00. The third-order valence-corrected chi connectivity index (χ3v) is 5.06. The lowest BCUT2D eigenvalue weighted by molar-refractivity contribution is 0.204. The minimum atomic E-state index is -0.389. The minimum Gasteiger partial charge on any atom is -0.388 e. The van der Waals surface area contributed by atoms with Crippen molar-refractivity contribution >= 4 is 23.1 Å². The van der Waals surface area contributed by atoms with Gasteiger partial charge in [0.05, 0.1) is 16.8 Å². The molecule has 1 unspecified atom stereocenters. The fourth-order valence-electron chi connectivity index (χ4n) is 1.90. The van der Waals surface area contributed by atoms with Crippen molar-refractivity contribution in [2.24, 2.45) is 0 Å². The molecule has 0 bridgehead atoms. The van der Waals surface area contributed by atoms with E-state index in [1.54, 1.807) is 23.1 Å². The molecule has 2 rings (SSSR count). The van der Waals surface area contributed by atoms with E-state index in [0.29, 0.717) is 5.75 Å². The second-order valence-electron chi connectivity index (χ2n) is 4.78. The zero-order valence-electron chi connectivity index (χ0n) is 11.8. The number of rotatable bonds is 8. The zero-order valence-corrected chi connectivity index (χ0v) is 13.4. The van der Waals surface area contributed by atoms with Crippen LogP contribution in [0.4, 0.5) is 0 Å². The van der Waals surface area contributed by atoms with Gasteiger partial charge in [0.2, 0.25) is 0 Å². The van der Waals surface area contributed by atoms with Gasteiger partial charge in [-0.25, -0.2) is 4.98 Å². The fourth-order valence-corrected chi connectivity index (χ4v) is 3.74. The molecule has 0 aliphatic heterocycles. The van der Waals surface area contributed by atoms with Gasteiger partial charge in [0, 0.05) is 16.9 Å². The highest BCUT2D eigenvalue weighted by molar-refractivity contribution is 7.98. The van der Waals surface area contributed by atoms with Crippen LogP contribution in [0.3, 0.4) is 0 Å². The third-order valence-electron chi connectivity index (χ3n) is 3.05. The van der Waals surface area contributed by atoms with Crippen LogP contribution in [0.2, 0.25) is 0 Å². The Morgan fingerprint density at radius 1 is 1.30 bits per heavy atom. The Bertz CT molecular complexity index is 498. The molecule has 0 spiro atoms. The molecular weight excluding hydrogens is 286 g/mol. The fraction of sp³-hybridized carbons (Fsp3) is 0.438. The Balaban J connectivity index is 1.74. The maximum absolute atomic E-state index is 10.1. The predicted molar refractivity (Wildman–Crippen MR) is 88.3 cm³/mol. The van der Waals surface area contributed by atoms with Crippen molar-refractivity contribution < 1.29 is 5.11 Å². The topological polar surface area (TPSA) is 33.1 Å². The first kappa shape index (κ1) is 15.5. The summed E-state index contributed by atoms with van der Waals surface area (Å²) in [6, 6.07) is 9.83. The monoisotopic (exact) mass is 307 g/mol. The number of thiazole rings is 1. The van der Waals surface area contributed by atoms with Crippen molar-refractivity contribution in [3.8, 4) is 0 Å². The summed E-state index contributed by atoms with van der Waals surface area (Å²) in [5.74, 6) is 1.60. The minimum absolute atomic E-state index is 0.389. The van der Waals surface area contributed by atoms with E-state index < -0.39 is 0 Å². The van der Waals surface area contributed by atoms with Crippen LogP contribution in [0, 0.1) is 0 Å². The molecule has 20 heavy (non-hydrogen) atoms. The summed E-state index contributed by atoms with van der Waals surface area (Å²) >= 11 is 3.50. The molecule has 4 heteroatoms. The van der Waals surface area contributed by atoms with Gasteiger partial charge in [-0.2, -0.15) is 11.8 Å². The van der Waals surface area contributed by atoms with Crippen molar-refractivity contribution in [1.29, 1.82) is 0 Å². The lowest BCUT2D eigenvalue weighted by atomic mass is 10.1. The van der Waals surface area contributed by atoms with Crippen molar-refractivity contribution in [3.63, 3.8) is 0 Å². The SMILES string of the molecule is CCCCc1nc(CSCC(O)c2ccccc2)cs1. The summed E-state index contributed by atoms with van der Waals surface area (Å²) in [5, 5.41) is 13.5. The van der Waals surface area contributed by atoms with E-state index in [9.17, 15) is 5.11 Å². The summed E-state index contributed by atoms with van der Waals surface area (Å²) in [6.07, 6.45) is 3.14. The van der Waals surface area contributed by atoms with Crippen molar-refractivity contribution in [1.82, 2.24) is 4.98 Å². The molecule has 0 amide bonds. The largest absolute Gasteiger partial charge is 0.388 e. The molecular formula is C16H21NOS2. The summed E-state index contributed by atoms with van der Waals surface area (Å²) in [4.78, 5) is 4.63. The first-order chi connectivity index (χ1) is 9.79. The molecule has 108 valence electrons. The maximum Gasteiger partial charge on any atom is 0.0928 e. The van der Waals surface area contributed by atoms with Gasteiger partial charge in [-0.3, -0.25) is 0 Å². The number of unbranched alkanes of at least 4 members (excludes halogenated alkanes) is 1. The molecule has 0 fully saturated rings. The first-order valence-electron chi connectivity index (χ1n) is 7.03. The Labute approximate surface area is 129 Å². The average molecular weight is 307 g/mol. The van der Waals surface area contributed by atoms with Gasteiger partial charge >= 0.3 is 0 Å². The summed E-state index contributed by atoms with van der Waals surface area (Å²) in [5.41, 5.74) is 2.13. The molecule has 0 aliphatic rings. The molecule has 2 aromatic rings. The van der Waals surface area contributed by atoms with E-state index in [1.165, 1.54) is 17.8 Å². The number of aliphatic hydroxyl groups is 1. The lowest BCUT2D eigenvalue weighted by Gasteiger charge is -2.09. The van der Waals surface area contributed by atoms with Gasteiger partial charge in [0.15, 0.2) is 0 Å². The molecule has 1 N–H and O–H groups in total. The molecule has 0 saturated carbocycles. The number of aryl methyl sites for hydroxylation is 1.